The summed E-state index contributed by atoms with van der Waals surface area (Å²) in [4.78, 5) is 76.1. The largest absolute Gasteiger partial charge is 0.508 e. The molecule has 224 valence electrons. The summed E-state index contributed by atoms with van der Waals surface area (Å²) in [5, 5.41) is 23.6. The number of hydrogen-bond donors (Lipinski definition) is 4. The van der Waals surface area contributed by atoms with E-state index in [-0.39, 0.29) is 49.9 Å². The molecule has 1 saturated heterocycles. The van der Waals surface area contributed by atoms with Crippen molar-refractivity contribution in [3.63, 3.8) is 0 Å². The maximum Gasteiger partial charge on any atom is 0.305 e. The maximum atomic E-state index is 13.9. The lowest BCUT2D eigenvalue weighted by Gasteiger charge is -2.31. The number of carboxylic acid groups (broad SMARTS) is 1. The summed E-state index contributed by atoms with van der Waals surface area (Å²) in [6.07, 6.45) is 0.774. The maximum absolute atomic E-state index is 13.9. The lowest BCUT2D eigenvalue weighted by atomic mass is 9.86. The molecule has 0 aliphatic carbocycles. The SMILES string of the molecule is C=CCO[C@@H]1C[C@@H](C(=O)N[C@H](C=O)CC(=O)O)N(C(=O)[C@@H](CC(=O)[C@H](Cc2ccc(O)cc2)NC(C)=O)C(C)C)C1. The Morgan fingerprint density at radius 2 is 1.78 bits per heavy atom. The van der Waals surface area contributed by atoms with Crippen LogP contribution in [0.1, 0.15) is 45.6 Å². The fourth-order valence-corrected chi connectivity index (χ4v) is 4.75. The van der Waals surface area contributed by atoms with Gasteiger partial charge in [-0.25, -0.2) is 0 Å². The number of likely N-dealkylation sites (tertiary alicyclic amines) is 1. The van der Waals surface area contributed by atoms with Crippen molar-refractivity contribution in [2.75, 3.05) is 13.2 Å². The summed E-state index contributed by atoms with van der Waals surface area (Å²) in [6.45, 7) is 8.67. The van der Waals surface area contributed by atoms with Crippen LogP contribution in [0.2, 0.25) is 0 Å². The second kappa shape index (κ2) is 15.7. The molecule has 1 aromatic rings. The summed E-state index contributed by atoms with van der Waals surface area (Å²) in [7, 11) is 0. The van der Waals surface area contributed by atoms with Gasteiger partial charge in [-0.2, -0.15) is 0 Å². The molecule has 1 fully saturated rings. The number of aldehydes is 1. The second-order valence-electron chi connectivity index (χ2n) is 10.5. The monoisotopic (exact) mass is 573 g/mol. The van der Waals surface area contributed by atoms with Crippen molar-refractivity contribution in [3.8, 4) is 5.75 Å². The van der Waals surface area contributed by atoms with Crippen LogP contribution in [0.3, 0.4) is 0 Å². The van der Waals surface area contributed by atoms with E-state index in [2.05, 4.69) is 17.2 Å². The number of aliphatic carboxylic acids is 1. The van der Waals surface area contributed by atoms with Crippen LogP contribution in [0.5, 0.6) is 5.75 Å². The molecule has 0 aromatic heterocycles. The summed E-state index contributed by atoms with van der Waals surface area (Å²) in [5.41, 5.74) is 0.701. The fraction of sp³-hybridized carbons (Fsp3) is 0.517. The third-order valence-corrected chi connectivity index (χ3v) is 6.87. The number of benzene rings is 1. The number of carbonyl (C=O) groups is 6. The molecule has 3 amide bonds. The van der Waals surface area contributed by atoms with E-state index in [0.717, 1.165) is 0 Å². The number of carbonyl (C=O) groups excluding carboxylic acids is 5. The van der Waals surface area contributed by atoms with Crippen LogP contribution in [-0.2, 0) is 39.9 Å². The number of rotatable bonds is 16. The minimum absolute atomic E-state index is 0.0511. The fourth-order valence-electron chi connectivity index (χ4n) is 4.75. The molecule has 0 unspecified atom stereocenters. The molecule has 1 aromatic carbocycles. The van der Waals surface area contributed by atoms with Crippen molar-refractivity contribution in [1.29, 1.82) is 0 Å². The van der Waals surface area contributed by atoms with E-state index in [1.54, 1.807) is 26.0 Å². The van der Waals surface area contributed by atoms with E-state index in [9.17, 15) is 33.9 Å². The number of nitrogens with zero attached hydrogens (tertiary/aromatic N) is 1. The number of hydrogen-bond acceptors (Lipinski definition) is 8. The Balaban J connectivity index is 2.28. The third-order valence-electron chi connectivity index (χ3n) is 6.87. The van der Waals surface area contributed by atoms with Gasteiger partial charge in [0.25, 0.3) is 0 Å². The quantitative estimate of drug-likeness (QED) is 0.166. The van der Waals surface area contributed by atoms with Gasteiger partial charge in [0.15, 0.2) is 5.78 Å². The van der Waals surface area contributed by atoms with Crippen molar-refractivity contribution < 1.29 is 43.7 Å². The normalized spacial score (nSPS) is 18.7. The first-order valence-corrected chi connectivity index (χ1v) is 13.4. The number of phenolic OH excluding ortho intramolecular Hbond substituents is 1. The smallest absolute Gasteiger partial charge is 0.305 e. The molecule has 12 heteroatoms. The first-order valence-electron chi connectivity index (χ1n) is 13.4. The van der Waals surface area contributed by atoms with Gasteiger partial charge in [0, 0.05) is 32.2 Å². The Kier molecular flexibility index (Phi) is 12.7. The zero-order chi connectivity index (χ0) is 30.7. The molecule has 0 spiro atoms. The van der Waals surface area contributed by atoms with E-state index in [1.807, 2.05) is 0 Å². The minimum atomic E-state index is -1.27. The van der Waals surface area contributed by atoms with Crippen LogP contribution >= 0.6 is 0 Å². The molecular weight excluding hydrogens is 534 g/mol. The second-order valence-corrected chi connectivity index (χ2v) is 10.5. The van der Waals surface area contributed by atoms with Gasteiger partial charge in [-0.3, -0.25) is 24.0 Å². The van der Waals surface area contributed by atoms with Crippen molar-refractivity contribution in [1.82, 2.24) is 15.5 Å². The molecule has 0 saturated carbocycles. The first-order chi connectivity index (χ1) is 19.4. The third kappa shape index (κ3) is 10.1. The Labute approximate surface area is 239 Å². The summed E-state index contributed by atoms with van der Waals surface area (Å²) in [5.74, 6) is -4.32. The highest BCUT2D eigenvalue weighted by Crippen LogP contribution is 2.28. The number of Topliss-reactive ketones (excluding diaryl/α,β-unsaturated/α-hetero) is 1. The molecule has 12 nitrogen and oxygen atoms in total. The predicted molar refractivity (Wildman–Crippen MR) is 148 cm³/mol. The highest BCUT2D eigenvalue weighted by molar-refractivity contribution is 5.95. The summed E-state index contributed by atoms with van der Waals surface area (Å²) in [6, 6.07) is 2.98. The molecule has 0 bridgehead atoms. The van der Waals surface area contributed by atoms with E-state index in [0.29, 0.717) is 11.8 Å². The first kappa shape index (κ1) is 33.1. The average Bonchev–Trinajstić information content (AvgIpc) is 3.34. The molecule has 0 radical (unpaired) electrons. The van der Waals surface area contributed by atoms with Crippen molar-refractivity contribution >= 4 is 35.8 Å². The molecule has 41 heavy (non-hydrogen) atoms. The van der Waals surface area contributed by atoms with Crippen molar-refractivity contribution in [3.05, 3.63) is 42.5 Å². The Morgan fingerprint density at radius 3 is 2.32 bits per heavy atom. The van der Waals surface area contributed by atoms with Gasteiger partial charge in [-0.15, -0.1) is 6.58 Å². The highest BCUT2D eigenvalue weighted by Gasteiger charge is 2.44. The van der Waals surface area contributed by atoms with E-state index in [1.165, 1.54) is 30.0 Å². The summed E-state index contributed by atoms with van der Waals surface area (Å²) >= 11 is 0. The molecule has 5 atom stereocenters. The zero-order valence-electron chi connectivity index (χ0n) is 23.6. The number of ether oxygens (including phenoxy) is 1. The lowest BCUT2D eigenvalue weighted by molar-refractivity contribution is -0.145. The average molecular weight is 574 g/mol. The minimum Gasteiger partial charge on any atom is -0.508 e. The predicted octanol–water partition coefficient (Wildman–Crippen LogP) is 1.00. The van der Waals surface area contributed by atoms with Crippen LogP contribution in [0.15, 0.2) is 36.9 Å². The van der Waals surface area contributed by atoms with Gasteiger partial charge >= 0.3 is 5.97 Å². The number of carboxylic acids is 1. The van der Waals surface area contributed by atoms with E-state index >= 15 is 0 Å². The molecule has 2 rings (SSSR count). The number of amides is 3. The van der Waals surface area contributed by atoms with Crippen LogP contribution in [-0.4, -0.2) is 88.3 Å². The Hall–Kier alpha value is -4.06. The number of nitrogens with one attached hydrogen (secondary N) is 2. The molecular formula is C29H39N3O9. The van der Waals surface area contributed by atoms with Gasteiger partial charge in [-0.1, -0.05) is 32.1 Å². The van der Waals surface area contributed by atoms with Gasteiger partial charge in [0.2, 0.25) is 17.7 Å². The van der Waals surface area contributed by atoms with Gasteiger partial charge in [-0.05, 0) is 30.0 Å². The number of phenols is 1. The molecule has 1 aliphatic rings. The molecule has 4 N–H and O–H groups in total. The van der Waals surface area contributed by atoms with Gasteiger partial charge in [0.05, 0.1) is 31.2 Å². The number of aromatic hydroxyl groups is 1. The Morgan fingerprint density at radius 1 is 1.12 bits per heavy atom. The van der Waals surface area contributed by atoms with Gasteiger partial charge < -0.3 is 35.3 Å². The summed E-state index contributed by atoms with van der Waals surface area (Å²) < 4.78 is 5.70. The van der Waals surface area contributed by atoms with Crippen LogP contribution in [0.25, 0.3) is 0 Å². The molecule has 1 heterocycles. The van der Waals surface area contributed by atoms with Gasteiger partial charge in [0.1, 0.15) is 18.1 Å². The van der Waals surface area contributed by atoms with Crippen LogP contribution in [0.4, 0.5) is 0 Å². The van der Waals surface area contributed by atoms with E-state index in [4.69, 9.17) is 9.84 Å². The Bertz CT molecular complexity index is 1120. The van der Waals surface area contributed by atoms with E-state index < -0.39 is 60.3 Å². The number of ketones is 1. The van der Waals surface area contributed by atoms with Crippen LogP contribution < -0.4 is 10.6 Å². The van der Waals surface area contributed by atoms with Crippen LogP contribution in [0, 0.1) is 11.8 Å². The highest BCUT2D eigenvalue weighted by atomic mass is 16.5. The lowest BCUT2D eigenvalue weighted by Crippen LogP contribution is -2.52. The van der Waals surface area contributed by atoms with Crippen molar-refractivity contribution in [2.45, 2.75) is 70.7 Å². The topological polar surface area (TPSA) is 179 Å². The standard InChI is InChI=1S/C29H39N3O9/c1-5-10-41-22-13-25(28(39)31-20(16-33)12-27(37)38)32(15-22)29(40)23(17(2)3)14-26(36)24(30-18(4)34)11-19-6-8-21(35)9-7-19/h5-9,16-17,20,22-25,35H,1,10-15H2,2-4H3,(H,30,34)(H,31,39)(H,37,38)/t20-,22+,23-,24-,25-/m0/s1. The zero-order valence-corrected chi connectivity index (χ0v) is 23.6. The van der Waals surface area contributed by atoms with Crippen molar-refractivity contribution in [2.24, 2.45) is 11.8 Å². The molecule has 1 aliphatic heterocycles.